The largest absolute Gasteiger partial charge is 0.431 e. The van der Waals surface area contributed by atoms with E-state index in [2.05, 4.69) is 10.2 Å². The van der Waals surface area contributed by atoms with Gasteiger partial charge in [-0.15, -0.1) is 0 Å². The molecule has 7 nitrogen and oxygen atoms in total. The fraction of sp³-hybridized carbons (Fsp3) is 0.310. The van der Waals surface area contributed by atoms with Crippen LogP contribution in [0.1, 0.15) is 22.7 Å². The third-order valence-electron chi connectivity index (χ3n) is 7.07. The molecule has 2 heterocycles. The predicted octanol–water partition coefficient (Wildman–Crippen LogP) is 4.08. The van der Waals surface area contributed by atoms with Crippen LogP contribution in [-0.4, -0.2) is 73.1 Å². The van der Waals surface area contributed by atoms with Gasteiger partial charge in [0, 0.05) is 37.3 Å². The molecule has 2 fully saturated rings. The summed E-state index contributed by atoms with van der Waals surface area (Å²) in [6.07, 6.45) is -0.345. The SMILES string of the molecule is CN(C)CC(NC(=O)N1CCN2C(=O)OC(c3ccccc3)(c3ccccc3)C2C1)c1ccccc1. The van der Waals surface area contributed by atoms with Crippen molar-refractivity contribution in [1.82, 2.24) is 20.0 Å². The van der Waals surface area contributed by atoms with Gasteiger partial charge in [0.15, 0.2) is 5.60 Å². The Kier molecular flexibility index (Phi) is 6.65. The molecular weight excluding hydrogens is 452 g/mol. The summed E-state index contributed by atoms with van der Waals surface area (Å²) in [7, 11) is 3.99. The Morgan fingerprint density at radius 1 is 0.944 bits per heavy atom. The number of carbonyl (C=O) groups is 2. The molecule has 2 atom stereocenters. The summed E-state index contributed by atoms with van der Waals surface area (Å²) in [4.78, 5) is 32.3. The zero-order chi connectivity index (χ0) is 25.1. The van der Waals surface area contributed by atoms with Crippen LogP contribution in [0, 0.1) is 0 Å². The highest BCUT2D eigenvalue weighted by Crippen LogP contribution is 2.45. The van der Waals surface area contributed by atoms with Gasteiger partial charge >= 0.3 is 12.1 Å². The molecular formula is C29H32N4O3. The minimum atomic E-state index is -0.999. The maximum Gasteiger partial charge on any atom is 0.411 e. The highest BCUT2D eigenvalue weighted by molar-refractivity contribution is 5.77. The number of cyclic esters (lactones) is 1. The number of rotatable bonds is 6. The first-order valence-electron chi connectivity index (χ1n) is 12.3. The Balaban J connectivity index is 1.45. The number of likely N-dealkylation sites (N-methyl/N-ethyl adjacent to an activating group) is 1. The van der Waals surface area contributed by atoms with Gasteiger partial charge in [-0.1, -0.05) is 91.0 Å². The minimum Gasteiger partial charge on any atom is -0.431 e. The van der Waals surface area contributed by atoms with Crippen LogP contribution in [0.2, 0.25) is 0 Å². The van der Waals surface area contributed by atoms with Crippen LogP contribution in [0.5, 0.6) is 0 Å². The molecule has 2 aliphatic rings. The maximum absolute atomic E-state index is 13.6. The van der Waals surface area contributed by atoms with Crippen molar-refractivity contribution in [2.75, 3.05) is 40.3 Å². The molecule has 1 N–H and O–H groups in total. The summed E-state index contributed by atoms with van der Waals surface area (Å²) in [5.74, 6) is 0. The summed E-state index contributed by atoms with van der Waals surface area (Å²) in [6.45, 7) is 1.91. The standard InChI is InChI=1S/C29H32N4O3/c1-31(2)20-25(22-12-6-3-7-13-22)30-27(34)32-18-19-33-26(21-32)29(36-28(33)35,23-14-8-4-9-15-23)24-16-10-5-11-17-24/h3-17,25-26H,18-21H2,1-2H3,(H,30,34). The number of fused-ring (bicyclic) bond motifs is 1. The molecule has 0 saturated carbocycles. The van der Waals surface area contributed by atoms with Crippen molar-refractivity contribution < 1.29 is 14.3 Å². The van der Waals surface area contributed by atoms with Crippen LogP contribution in [-0.2, 0) is 10.3 Å². The summed E-state index contributed by atoms with van der Waals surface area (Å²) in [6, 6.07) is 29.1. The molecule has 186 valence electrons. The van der Waals surface area contributed by atoms with E-state index in [9.17, 15) is 9.59 Å². The van der Waals surface area contributed by atoms with E-state index < -0.39 is 5.60 Å². The Morgan fingerprint density at radius 2 is 1.50 bits per heavy atom. The lowest BCUT2D eigenvalue weighted by atomic mass is 9.79. The van der Waals surface area contributed by atoms with Gasteiger partial charge in [-0.3, -0.25) is 4.90 Å². The number of nitrogens with one attached hydrogen (secondary N) is 1. The normalized spacial score (nSPS) is 19.5. The van der Waals surface area contributed by atoms with Crippen molar-refractivity contribution in [2.45, 2.75) is 17.7 Å². The van der Waals surface area contributed by atoms with Crippen LogP contribution < -0.4 is 5.32 Å². The molecule has 36 heavy (non-hydrogen) atoms. The summed E-state index contributed by atoms with van der Waals surface area (Å²) >= 11 is 0. The average molecular weight is 485 g/mol. The quantitative estimate of drug-likeness (QED) is 0.573. The molecule has 2 aliphatic heterocycles. The van der Waals surface area contributed by atoms with E-state index >= 15 is 0 Å². The lowest BCUT2D eigenvalue weighted by molar-refractivity contribution is 0.0508. The average Bonchev–Trinajstić information content (AvgIpc) is 3.22. The topological polar surface area (TPSA) is 65.1 Å². The molecule has 5 rings (SSSR count). The number of carbonyl (C=O) groups excluding carboxylic acids is 2. The lowest BCUT2D eigenvalue weighted by Gasteiger charge is -2.42. The van der Waals surface area contributed by atoms with Gasteiger partial charge in [-0.05, 0) is 19.7 Å². The number of urea groups is 1. The second-order valence-electron chi connectivity index (χ2n) is 9.67. The second kappa shape index (κ2) is 10.0. The Labute approximate surface area is 212 Å². The zero-order valence-electron chi connectivity index (χ0n) is 20.7. The molecule has 3 aromatic carbocycles. The molecule has 2 saturated heterocycles. The van der Waals surface area contributed by atoms with Gasteiger partial charge in [0.1, 0.15) is 6.04 Å². The van der Waals surface area contributed by atoms with Gasteiger partial charge in [0.05, 0.1) is 6.04 Å². The van der Waals surface area contributed by atoms with E-state index in [1.165, 1.54) is 0 Å². The van der Waals surface area contributed by atoms with Crippen LogP contribution >= 0.6 is 0 Å². The molecule has 0 aliphatic carbocycles. The zero-order valence-corrected chi connectivity index (χ0v) is 20.7. The summed E-state index contributed by atoms with van der Waals surface area (Å²) in [5, 5.41) is 3.23. The van der Waals surface area contributed by atoms with Gasteiger partial charge < -0.3 is 19.9 Å². The Bertz CT molecular complexity index is 1150. The summed E-state index contributed by atoms with van der Waals surface area (Å²) < 4.78 is 6.22. The van der Waals surface area contributed by atoms with Gasteiger partial charge in [-0.2, -0.15) is 0 Å². The number of nitrogens with zero attached hydrogens (tertiary/aromatic N) is 3. The highest BCUT2D eigenvalue weighted by Gasteiger charge is 2.58. The molecule has 3 aromatic rings. The third-order valence-corrected chi connectivity index (χ3v) is 7.07. The molecule has 3 amide bonds. The van der Waals surface area contributed by atoms with E-state index in [1.807, 2.05) is 110 Å². The summed E-state index contributed by atoms with van der Waals surface area (Å²) in [5.41, 5.74) is 1.85. The molecule has 2 unspecified atom stereocenters. The van der Waals surface area contributed by atoms with Crippen molar-refractivity contribution in [2.24, 2.45) is 0 Å². The van der Waals surface area contributed by atoms with Crippen molar-refractivity contribution in [1.29, 1.82) is 0 Å². The molecule has 0 spiro atoms. The fourth-order valence-corrected chi connectivity index (χ4v) is 5.36. The number of hydrogen-bond acceptors (Lipinski definition) is 4. The van der Waals surface area contributed by atoms with Crippen molar-refractivity contribution in [3.05, 3.63) is 108 Å². The number of piperazine rings is 1. The van der Waals surface area contributed by atoms with E-state index in [0.717, 1.165) is 16.7 Å². The number of benzene rings is 3. The van der Waals surface area contributed by atoms with Gasteiger partial charge in [0.2, 0.25) is 0 Å². The van der Waals surface area contributed by atoms with E-state index in [4.69, 9.17) is 4.74 Å². The van der Waals surface area contributed by atoms with Crippen molar-refractivity contribution in [3.63, 3.8) is 0 Å². The molecule has 0 radical (unpaired) electrons. The van der Waals surface area contributed by atoms with Crippen molar-refractivity contribution in [3.8, 4) is 0 Å². The van der Waals surface area contributed by atoms with E-state index in [-0.39, 0.29) is 24.2 Å². The molecule has 0 bridgehead atoms. The van der Waals surface area contributed by atoms with E-state index in [0.29, 0.717) is 26.2 Å². The third kappa shape index (κ3) is 4.42. The smallest absolute Gasteiger partial charge is 0.411 e. The first kappa shape index (κ1) is 23.9. The fourth-order valence-electron chi connectivity index (χ4n) is 5.36. The predicted molar refractivity (Wildman–Crippen MR) is 138 cm³/mol. The van der Waals surface area contributed by atoms with Crippen LogP contribution in [0.4, 0.5) is 9.59 Å². The first-order chi connectivity index (χ1) is 17.5. The van der Waals surface area contributed by atoms with Gasteiger partial charge in [-0.25, -0.2) is 9.59 Å². The Morgan fingerprint density at radius 3 is 2.06 bits per heavy atom. The van der Waals surface area contributed by atoms with Crippen molar-refractivity contribution >= 4 is 12.1 Å². The first-order valence-corrected chi connectivity index (χ1v) is 12.3. The Hall–Kier alpha value is -3.84. The van der Waals surface area contributed by atoms with E-state index in [1.54, 1.807) is 4.90 Å². The number of hydrogen-bond donors (Lipinski definition) is 1. The van der Waals surface area contributed by atoms with Gasteiger partial charge in [0.25, 0.3) is 0 Å². The highest BCUT2D eigenvalue weighted by atomic mass is 16.6. The van der Waals surface area contributed by atoms with Crippen LogP contribution in [0.3, 0.4) is 0 Å². The number of ether oxygens (including phenoxy) is 1. The lowest BCUT2D eigenvalue weighted by Crippen LogP contribution is -2.60. The maximum atomic E-state index is 13.6. The number of amides is 3. The van der Waals surface area contributed by atoms with Crippen LogP contribution in [0.15, 0.2) is 91.0 Å². The monoisotopic (exact) mass is 484 g/mol. The molecule has 0 aromatic heterocycles. The minimum absolute atomic E-state index is 0.139. The second-order valence-corrected chi connectivity index (χ2v) is 9.67. The van der Waals surface area contributed by atoms with Crippen LogP contribution in [0.25, 0.3) is 0 Å². The molecule has 7 heteroatoms.